The molecule has 8 heteroatoms. The van der Waals surface area contributed by atoms with Crippen molar-refractivity contribution in [2.24, 2.45) is 0 Å². The van der Waals surface area contributed by atoms with Gasteiger partial charge in [0.25, 0.3) is 0 Å². The van der Waals surface area contributed by atoms with Crippen molar-refractivity contribution in [2.45, 2.75) is 6.54 Å². The summed E-state index contributed by atoms with van der Waals surface area (Å²) in [6.45, 7) is 4.66. The predicted octanol–water partition coefficient (Wildman–Crippen LogP) is -0.923. The van der Waals surface area contributed by atoms with Gasteiger partial charge in [0.15, 0.2) is 0 Å². The molecule has 19 heavy (non-hydrogen) atoms. The zero-order valence-electron chi connectivity index (χ0n) is 11.2. The van der Waals surface area contributed by atoms with E-state index in [9.17, 15) is 8.42 Å². The Bertz CT molecular complexity index is 467. The summed E-state index contributed by atoms with van der Waals surface area (Å²) in [6.07, 6.45) is 3.35. The van der Waals surface area contributed by atoms with E-state index >= 15 is 0 Å². The quantitative estimate of drug-likeness (QED) is 0.707. The van der Waals surface area contributed by atoms with Crippen molar-refractivity contribution in [1.82, 2.24) is 24.7 Å². The number of hydrogen-bond acceptors (Lipinski definition) is 5. The molecule has 1 saturated heterocycles. The van der Waals surface area contributed by atoms with Crippen molar-refractivity contribution >= 4 is 10.0 Å². The first kappa shape index (κ1) is 14.4. The molecule has 1 fully saturated rings. The molecule has 0 aliphatic carbocycles. The second-order valence-corrected chi connectivity index (χ2v) is 6.97. The van der Waals surface area contributed by atoms with Crippen molar-refractivity contribution in [3.63, 3.8) is 0 Å². The Labute approximate surface area is 114 Å². The molecule has 1 aliphatic heterocycles. The van der Waals surface area contributed by atoms with Crippen molar-refractivity contribution in [1.29, 1.82) is 0 Å². The van der Waals surface area contributed by atoms with Crippen LogP contribution in [0.1, 0.15) is 5.56 Å². The number of rotatable bonds is 6. The Morgan fingerprint density at radius 2 is 2.16 bits per heavy atom. The second kappa shape index (κ2) is 6.47. The lowest BCUT2D eigenvalue weighted by atomic mass is 10.4. The Kier molecular flexibility index (Phi) is 4.92. The van der Waals surface area contributed by atoms with Crippen LogP contribution in [-0.2, 0) is 16.6 Å². The molecule has 0 amide bonds. The first-order valence-electron chi connectivity index (χ1n) is 6.43. The standard InChI is InChI=1S/C11H21N5O2S/c1-15(10-11-8-13-14-9-11)19(17,18)7-6-16-4-2-12-3-5-16/h8-9,12H,2-7,10H2,1H3,(H,13,14). The van der Waals surface area contributed by atoms with Crippen LogP contribution in [0.5, 0.6) is 0 Å². The summed E-state index contributed by atoms with van der Waals surface area (Å²) in [6, 6.07) is 0. The fourth-order valence-electron chi connectivity index (χ4n) is 2.05. The molecular formula is C11H21N5O2S. The fraction of sp³-hybridized carbons (Fsp3) is 0.727. The van der Waals surface area contributed by atoms with E-state index in [1.165, 1.54) is 4.31 Å². The maximum absolute atomic E-state index is 12.2. The Morgan fingerprint density at radius 3 is 2.79 bits per heavy atom. The molecule has 0 saturated carbocycles. The van der Waals surface area contributed by atoms with Gasteiger partial charge in [-0.15, -0.1) is 0 Å². The maximum atomic E-state index is 12.2. The van der Waals surface area contributed by atoms with Gasteiger partial charge in [0.1, 0.15) is 0 Å². The van der Waals surface area contributed by atoms with Crippen LogP contribution in [0.3, 0.4) is 0 Å². The zero-order valence-corrected chi connectivity index (χ0v) is 12.0. The van der Waals surface area contributed by atoms with Crippen LogP contribution >= 0.6 is 0 Å². The number of H-pyrrole nitrogens is 1. The average molecular weight is 287 g/mol. The van der Waals surface area contributed by atoms with Crippen molar-refractivity contribution in [3.05, 3.63) is 18.0 Å². The summed E-state index contributed by atoms with van der Waals surface area (Å²) in [7, 11) is -1.59. The summed E-state index contributed by atoms with van der Waals surface area (Å²) in [5.41, 5.74) is 0.869. The smallest absolute Gasteiger partial charge is 0.215 e. The van der Waals surface area contributed by atoms with Gasteiger partial charge in [0, 0.05) is 58.1 Å². The van der Waals surface area contributed by atoms with Crippen LogP contribution < -0.4 is 5.32 Å². The SMILES string of the molecule is CN(Cc1cn[nH]c1)S(=O)(=O)CCN1CCNCC1. The van der Waals surface area contributed by atoms with E-state index in [1.54, 1.807) is 19.4 Å². The van der Waals surface area contributed by atoms with Gasteiger partial charge in [-0.2, -0.15) is 5.10 Å². The van der Waals surface area contributed by atoms with Gasteiger partial charge >= 0.3 is 0 Å². The third kappa shape index (κ3) is 4.27. The van der Waals surface area contributed by atoms with Crippen LogP contribution in [0, 0.1) is 0 Å². The number of piperazine rings is 1. The molecule has 7 nitrogen and oxygen atoms in total. The van der Waals surface area contributed by atoms with Crippen molar-refractivity contribution in [3.8, 4) is 0 Å². The maximum Gasteiger partial charge on any atom is 0.215 e. The highest BCUT2D eigenvalue weighted by Gasteiger charge is 2.20. The van der Waals surface area contributed by atoms with E-state index in [2.05, 4.69) is 20.4 Å². The first-order valence-corrected chi connectivity index (χ1v) is 8.03. The number of aromatic amines is 1. The highest BCUT2D eigenvalue weighted by Crippen LogP contribution is 2.06. The van der Waals surface area contributed by atoms with Gasteiger partial charge in [0.2, 0.25) is 10.0 Å². The van der Waals surface area contributed by atoms with Gasteiger partial charge < -0.3 is 5.32 Å². The molecule has 2 rings (SSSR count). The molecule has 0 unspecified atom stereocenters. The molecule has 1 aromatic rings. The lowest BCUT2D eigenvalue weighted by Crippen LogP contribution is -2.46. The molecule has 0 bridgehead atoms. The van der Waals surface area contributed by atoms with Gasteiger partial charge in [-0.05, 0) is 0 Å². The predicted molar refractivity (Wildman–Crippen MR) is 73.2 cm³/mol. The Hall–Kier alpha value is -0.960. The number of hydrogen-bond donors (Lipinski definition) is 2. The van der Waals surface area contributed by atoms with Crippen LogP contribution in [0.15, 0.2) is 12.4 Å². The number of nitrogens with zero attached hydrogens (tertiary/aromatic N) is 3. The molecule has 0 radical (unpaired) electrons. The monoisotopic (exact) mass is 287 g/mol. The highest BCUT2D eigenvalue weighted by atomic mass is 32.2. The third-order valence-electron chi connectivity index (χ3n) is 3.31. The van der Waals surface area contributed by atoms with Crippen LogP contribution in [0.25, 0.3) is 0 Å². The molecule has 0 aromatic carbocycles. The minimum atomic E-state index is -3.21. The largest absolute Gasteiger partial charge is 0.314 e. The van der Waals surface area contributed by atoms with Crippen molar-refractivity contribution in [2.75, 3.05) is 45.5 Å². The fourth-order valence-corrected chi connectivity index (χ4v) is 3.20. The highest BCUT2D eigenvalue weighted by molar-refractivity contribution is 7.89. The molecule has 108 valence electrons. The van der Waals surface area contributed by atoms with Crippen LogP contribution in [0.2, 0.25) is 0 Å². The van der Waals surface area contributed by atoms with Crippen LogP contribution in [0.4, 0.5) is 0 Å². The average Bonchev–Trinajstić information content (AvgIpc) is 2.90. The lowest BCUT2D eigenvalue weighted by Gasteiger charge is -2.27. The molecule has 2 N–H and O–H groups in total. The van der Waals surface area contributed by atoms with E-state index in [1.807, 2.05) is 0 Å². The zero-order chi connectivity index (χ0) is 13.7. The normalized spacial score (nSPS) is 18.0. The molecule has 1 aliphatic rings. The summed E-state index contributed by atoms with van der Waals surface area (Å²) < 4.78 is 25.7. The van der Waals surface area contributed by atoms with E-state index < -0.39 is 10.0 Å². The van der Waals surface area contributed by atoms with Gasteiger partial charge in [-0.25, -0.2) is 12.7 Å². The van der Waals surface area contributed by atoms with Gasteiger partial charge in [0.05, 0.1) is 11.9 Å². The molecule has 0 spiro atoms. The summed E-state index contributed by atoms with van der Waals surface area (Å²) in [4.78, 5) is 2.18. The van der Waals surface area contributed by atoms with E-state index in [0.717, 1.165) is 31.7 Å². The van der Waals surface area contributed by atoms with Gasteiger partial charge in [-0.3, -0.25) is 10.00 Å². The minimum absolute atomic E-state index is 0.168. The second-order valence-electron chi connectivity index (χ2n) is 4.77. The Morgan fingerprint density at radius 1 is 1.42 bits per heavy atom. The number of aromatic nitrogens is 2. The minimum Gasteiger partial charge on any atom is -0.314 e. The topological polar surface area (TPSA) is 81.3 Å². The molecule has 2 heterocycles. The summed E-state index contributed by atoms with van der Waals surface area (Å²) in [5.74, 6) is 0.168. The van der Waals surface area contributed by atoms with Gasteiger partial charge in [-0.1, -0.05) is 0 Å². The third-order valence-corrected chi connectivity index (χ3v) is 5.09. The Balaban J connectivity index is 1.83. The van der Waals surface area contributed by atoms with Crippen molar-refractivity contribution < 1.29 is 8.42 Å². The summed E-state index contributed by atoms with van der Waals surface area (Å²) in [5, 5.41) is 9.75. The lowest BCUT2D eigenvalue weighted by molar-refractivity contribution is 0.252. The molecular weight excluding hydrogens is 266 g/mol. The molecule has 1 aromatic heterocycles. The van der Waals surface area contributed by atoms with Crippen LogP contribution in [-0.4, -0.2) is 73.3 Å². The number of sulfonamides is 1. The number of nitrogens with one attached hydrogen (secondary N) is 2. The first-order chi connectivity index (χ1) is 9.08. The van der Waals surface area contributed by atoms with E-state index in [0.29, 0.717) is 13.1 Å². The molecule has 0 atom stereocenters. The van der Waals surface area contributed by atoms with E-state index in [4.69, 9.17) is 0 Å². The van der Waals surface area contributed by atoms with E-state index in [-0.39, 0.29) is 5.75 Å². The summed E-state index contributed by atoms with van der Waals surface area (Å²) >= 11 is 0.